The topological polar surface area (TPSA) is 53.0 Å². The minimum atomic E-state index is 0.487. The van der Waals surface area contributed by atoms with Crippen molar-refractivity contribution >= 4 is 23.0 Å². The zero-order chi connectivity index (χ0) is 14.5. The van der Waals surface area contributed by atoms with E-state index in [1.807, 2.05) is 36.4 Å². The standard InChI is InChI=1S/C16H16ClN3/c1-2-20(11-12-3-6-14(19)7-4-12)15-8-5-13(10-18)16(17)9-15/h3-9H,2,11,19H2,1H3. The fourth-order valence-corrected chi connectivity index (χ4v) is 2.24. The van der Waals surface area contributed by atoms with Crippen LogP contribution >= 0.6 is 11.6 Å². The Hall–Kier alpha value is -2.18. The molecule has 2 N–H and O–H groups in total. The van der Waals surface area contributed by atoms with E-state index in [-0.39, 0.29) is 0 Å². The number of nitrogen functional groups attached to an aromatic ring is 1. The molecular weight excluding hydrogens is 270 g/mol. The summed E-state index contributed by atoms with van der Waals surface area (Å²) in [4.78, 5) is 2.19. The molecule has 0 heterocycles. The van der Waals surface area contributed by atoms with E-state index in [0.717, 1.165) is 24.5 Å². The fraction of sp³-hybridized carbons (Fsp3) is 0.188. The molecule has 2 aromatic rings. The Morgan fingerprint density at radius 1 is 1.20 bits per heavy atom. The first-order chi connectivity index (χ1) is 9.63. The van der Waals surface area contributed by atoms with Gasteiger partial charge in [0.25, 0.3) is 0 Å². The average molecular weight is 286 g/mol. The van der Waals surface area contributed by atoms with Crippen molar-refractivity contribution in [1.29, 1.82) is 5.26 Å². The van der Waals surface area contributed by atoms with Crippen LogP contribution in [0, 0.1) is 11.3 Å². The van der Waals surface area contributed by atoms with Gasteiger partial charge in [-0.05, 0) is 42.8 Å². The van der Waals surface area contributed by atoms with Crippen molar-refractivity contribution in [2.45, 2.75) is 13.5 Å². The van der Waals surface area contributed by atoms with Crippen molar-refractivity contribution in [3.63, 3.8) is 0 Å². The van der Waals surface area contributed by atoms with Crippen LogP contribution in [0.3, 0.4) is 0 Å². The van der Waals surface area contributed by atoms with Crippen molar-refractivity contribution in [2.24, 2.45) is 0 Å². The van der Waals surface area contributed by atoms with Gasteiger partial charge in [0.1, 0.15) is 6.07 Å². The van der Waals surface area contributed by atoms with Crippen molar-refractivity contribution in [3.05, 3.63) is 58.6 Å². The van der Waals surface area contributed by atoms with Gasteiger partial charge in [-0.25, -0.2) is 0 Å². The summed E-state index contributed by atoms with van der Waals surface area (Å²) in [5, 5.41) is 9.39. The Morgan fingerprint density at radius 3 is 2.45 bits per heavy atom. The summed E-state index contributed by atoms with van der Waals surface area (Å²) in [5.41, 5.74) is 9.14. The molecule has 0 spiro atoms. The Balaban J connectivity index is 2.22. The predicted octanol–water partition coefficient (Wildman–Crippen LogP) is 3.82. The largest absolute Gasteiger partial charge is 0.399 e. The van der Waals surface area contributed by atoms with Crippen LogP contribution in [0.2, 0.25) is 5.02 Å². The maximum Gasteiger partial charge on any atom is 0.101 e. The van der Waals surface area contributed by atoms with Crippen LogP contribution in [0.4, 0.5) is 11.4 Å². The van der Waals surface area contributed by atoms with E-state index < -0.39 is 0 Å². The van der Waals surface area contributed by atoms with Crippen LogP contribution in [0.1, 0.15) is 18.1 Å². The summed E-state index contributed by atoms with van der Waals surface area (Å²) in [6, 6.07) is 15.4. The van der Waals surface area contributed by atoms with Crippen molar-refractivity contribution < 1.29 is 0 Å². The molecule has 0 saturated heterocycles. The van der Waals surface area contributed by atoms with Crippen LogP contribution < -0.4 is 10.6 Å². The summed E-state index contributed by atoms with van der Waals surface area (Å²) in [5.74, 6) is 0. The van der Waals surface area contributed by atoms with Crippen LogP contribution in [-0.2, 0) is 6.54 Å². The second-order valence-corrected chi connectivity index (χ2v) is 4.94. The van der Waals surface area contributed by atoms with E-state index in [0.29, 0.717) is 10.6 Å². The summed E-state index contributed by atoms with van der Waals surface area (Å²) < 4.78 is 0. The van der Waals surface area contributed by atoms with Gasteiger partial charge in [0, 0.05) is 24.5 Å². The number of nitriles is 1. The molecule has 0 aliphatic heterocycles. The van der Waals surface area contributed by atoms with Crippen LogP contribution in [0.15, 0.2) is 42.5 Å². The molecule has 2 rings (SSSR count). The van der Waals surface area contributed by atoms with Crippen LogP contribution in [0.5, 0.6) is 0 Å². The second kappa shape index (κ2) is 6.31. The Labute approximate surface area is 124 Å². The lowest BCUT2D eigenvalue weighted by molar-refractivity contribution is 0.832. The first kappa shape index (κ1) is 14.2. The SMILES string of the molecule is CCN(Cc1ccc(N)cc1)c1ccc(C#N)c(Cl)c1. The van der Waals surface area contributed by atoms with Gasteiger partial charge in [-0.15, -0.1) is 0 Å². The quantitative estimate of drug-likeness (QED) is 0.869. The van der Waals surface area contributed by atoms with E-state index in [1.54, 1.807) is 6.07 Å². The number of nitrogens with zero attached hydrogens (tertiary/aromatic N) is 2. The molecule has 0 saturated carbocycles. The molecule has 2 aromatic carbocycles. The lowest BCUT2D eigenvalue weighted by Gasteiger charge is -2.23. The Morgan fingerprint density at radius 2 is 1.90 bits per heavy atom. The molecule has 3 nitrogen and oxygen atoms in total. The van der Waals surface area contributed by atoms with Crippen LogP contribution in [-0.4, -0.2) is 6.54 Å². The van der Waals surface area contributed by atoms with Gasteiger partial charge in [0.15, 0.2) is 0 Å². The van der Waals surface area contributed by atoms with Gasteiger partial charge in [0.05, 0.1) is 10.6 Å². The zero-order valence-corrected chi connectivity index (χ0v) is 12.1. The smallest absolute Gasteiger partial charge is 0.101 e. The molecular formula is C16H16ClN3. The van der Waals surface area contributed by atoms with Gasteiger partial charge in [-0.3, -0.25) is 0 Å². The second-order valence-electron chi connectivity index (χ2n) is 4.53. The molecule has 0 fully saturated rings. The highest BCUT2D eigenvalue weighted by molar-refractivity contribution is 6.32. The third-order valence-corrected chi connectivity index (χ3v) is 3.49. The molecule has 0 aromatic heterocycles. The van der Waals surface area contributed by atoms with E-state index in [2.05, 4.69) is 17.9 Å². The first-order valence-electron chi connectivity index (χ1n) is 6.43. The molecule has 0 radical (unpaired) electrons. The summed E-state index contributed by atoms with van der Waals surface area (Å²) in [6.07, 6.45) is 0. The van der Waals surface area contributed by atoms with E-state index in [9.17, 15) is 0 Å². The van der Waals surface area contributed by atoms with Crippen LogP contribution in [0.25, 0.3) is 0 Å². The maximum absolute atomic E-state index is 8.91. The summed E-state index contributed by atoms with van der Waals surface area (Å²) >= 11 is 6.09. The predicted molar refractivity (Wildman–Crippen MR) is 83.7 cm³/mol. The molecule has 0 amide bonds. The summed E-state index contributed by atoms with van der Waals surface area (Å²) in [7, 11) is 0. The van der Waals surface area contributed by atoms with Gasteiger partial charge in [-0.2, -0.15) is 5.26 Å². The zero-order valence-electron chi connectivity index (χ0n) is 11.3. The highest BCUT2D eigenvalue weighted by Crippen LogP contribution is 2.24. The molecule has 20 heavy (non-hydrogen) atoms. The first-order valence-corrected chi connectivity index (χ1v) is 6.81. The van der Waals surface area contributed by atoms with Crippen molar-refractivity contribution in [1.82, 2.24) is 0 Å². The lowest BCUT2D eigenvalue weighted by Crippen LogP contribution is -2.21. The molecule has 4 heteroatoms. The van der Waals surface area contributed by atoms with Gasteiger partial charge in [-0.1, -0.05) is 23.7 Å². The lowest BCUT2D eigenvalue weighted by atomic mass is 10.1. The fourth-order valence-electron chi connectivity index (χ4n) is 2.02. The molecule has 0 bridgehead atoms. The Bertz CT molecular complexity index is 629. The number of hydrogen-bond acceptors (Lipinski definition) is 3. The van der Waals surface area contributed by atoms with Gasteiger partial charge >= 0.3 is 0 Å². The third-order valence-electron chi connectivity index (χ3n) is 3.17. The monoisotopic (exact) mass is 285 g/mol. The number of hydrogen-bond donors (Lipinski definition) is 1. The highest BCUT2D eigenvalue weighted by Gasteiger charge is 2.08. The highest BCUT2D eigenvalue weighted by atomic mass is 35.5. The molecule has 0 atom stereocenters. The maximum atomic E-state index is 8.91. The minimum absolute atomic E-state index is 0.487. The van der Waals surface area contributed by atoms with E-state index in [1.165, 1.54) is 5.56 Å². The normalized spacial score (nSPS) is 10.1. The minimum Gasteiger partial charge on any atom is -0.399 e. The molecule has 0 unspecified atom stereocenters. The van der Waals surface area contributed by atoms with E-state index >= 15 is 0 Å². The molecule has 102 valence electrons. The number of rotatable bonds is 4. The van der Waals surface area contributed by atoms with Gasteiger partial charge < -0.3 is 10.6 Å². The molecule has 0 aliphatic rings. The summed E-state index contributed by atoms with van der Waals surface area (Å²) in [6.45, 7) is 3.72. The number of benzene rings is 2. The van der Waals surface area contributed by atoms with E-state index in [4.69, 9.17) is 22.6 Å². The average Bonchev–Trinajstić information content (AvgIpc) is 2.46. The Kier molecular flexibility index (Phi) is 4.49. The number of halogens is 1. The molecule has 0 aliphatic carbocycles. The number of nitrogens with two attached hydrogens (primary N) is 1. The third kappa shape index (κ3) is 3.23. The van der Waals surface area contributed by atoms with Gasteiger partial charge in [0.2, 0.25) is 0 Å². The van der Waals surface area contributed by atoms with Crippen molar-refractivity contribution in [3.8, 4) is 6.07 Å². The number of anilines is 2. The van der Waals surface area contributed by atoms with Crippen molar-refractivity contribution in [2.75, 3.05) is 17.2 Å².